The molecule has 1 aromatic heterocycles. The number of rotatable bonds is 5. The van der Waals surface area contributed by atoms with Gasteiger partial charge in [0.2, 0.25) is 11.8 Å². The molecule has 0 aliphatic carbocycles. The predicted molar refractivity (Wildman–Crippen MR) is 100 cm³/mol. The molecule has 2 amide bonds. The largest absolute Gasteiger partial charge is 0.411 e. The lowest BCUT2D eigenvalue weighted by Gasteiger charge is -2.06. The maximum atomic E-state index is 11.9. The monoisotopic (exact) mass is 432 g/mol. The first-order valence-corrected chi connectivity index (χ1v) is 9.26. The van der Waals surface area contributed by atoms with Crippen molar-refractivity contribution in [2.45, 2.75) is 5.22 Å². The third-order valence-electron chi connectivity index (χ3n) is 3.18. The van der Waals surface area contributed by atoms with Gasteiger partial charge in [-0.25, -0.2) is 0 Å². The van der Waals surface area contributed by atoms with Gasteiger partial charge in [0.15, 0.2) is 0 Å². The molecule has 0 bridgehead atoms. The predicted octanol–water partition coefficient (Wildman–Crippen LogP) is 3.05. The van der Waals surface area contributed by atoms with Crippen LogP contribution in [0.15, 0.2) is 68.7 Å². The van der Waals surface area contributed by atoms with Crippen LogP contribution in [0, 0.1) is 0 Å². The van der Waals surface area contributed by atoms with Crippen molar-refractivity contribution >= 4 is 39.5 Å². The second kappa shape index (κ2) is 8.63. The maximum absolute atomic E-state index is 11.9. The number of carbonyl (C=O) groups is 2. The van der Waals surface area contributed by atoms with E-state index in [-0.39, 0.29) is 16.9 Å². The third-order valence-corrected chi connectivity index (χ3v) is 4.52. The van der Waals surface area contributed by atoms with E-state index in [1.54, 1.807) is 24.3 Å². The van der Waals surface area contributed by atoms with E-state index >= 15 is 0 Å². The zero-order chi connectivity index (χ0) is 18.4. The molecule has 0 saturated carbocycles. The van der Waals surface area contributed by atoms with E-state index < -0.39 is 5.91 Å². The minimum absolute atomic E-state index is 0.0248. The fourth-order valence-electron chi connectivity index (χ4n) is 1.93. The number of thioether (sulfide) groups is 1. The molecular weight excluding hydrogens is 420 g/mol. The van der Waals surface area contributed by atoms with Crippen LogP contribution in [0.1, 0.15) is 10.4 Å². The third kappa shape index (κ3) is 4.93. The number of nitrogens with one attached hydrogen (secondary N) is 2. The van der Waals surface area contributed by atoms with Gasteiger partial charge in [-0.15, -0.1) is 10.2 Å². The average molecular weight is 433 g/mol. The van der Waals surface area contributed by atoms with Gasteiger partial charge in [-0.05, 0) is 36.4 Å². The summed E-state index contributed by atoms with van der Waals surface area (Å²) in [6.07, 6.45) is 0. The van der Waals surface area contributed by atoms with Crippen LogP contribution >= 0.6 is 27.7 Å². The first kappa shape index (κ1) is 18.2. The van der Waals surface area contributed by atoms with Gasteiger partial charge in [-0.1, -0.05) is 45.9 Å². The molecule has 132 valence electrons. The smallest absolute Gasteiger partial charge is 0.277 e. The lowest BCUT2D eigenvalue weighted by Crippen LogP contribution is -2.42. The van der Waals surface area contributed by atoms with E-state index in [9.17, 15) is 9.59 Å². The molecule has 26 heavy (non-hydrogen) atoms. The number of halogens is 1. The molecule has 9 heteroatoms. The van der Waals surface area contributed by atoms with Gasteiger partial charge in [0.1, 0.15) is 0 Å². The molecule has 0 aliphatic rings. The Bertz CT molecular complexity index is 900. The van der Waals surface area contributed by atoms with Gasteiger partial charge < -0.3 is 4.42 Å². The quantitative estimate of drug-likeness (QED) is 0.474. The van der Waals surface area contributed by atoms with Crippen molar-refractivity contribution in [1.29, 1.82) is 0 Å². The van der Waals surface area contributed by atoms with Crippen LogP contribution in [0.5, 0.6) is 0 Å². The van der Waals surface area contributed by atoms with Crippen LogP contribution in [0.25, 0.3) is 11.5 Å². The molecule has 0 atom stereocenters. The van der Waals surface area contributed by atoms with Crippen LogP contribution in [-0.4, -0.2) is 27.8 Å². The minimum atomic E-state index is -0.403. The Morgan fingerprint density at radius 3 is 2.46 bits per heavy atom. The van der Waals surface area contributed by atoms with Gasteiger partial charge in [0.05, 0.1) is 5.75 Å². The Morgan fingerprint density at radius 1 is 1.00 bits per heavy atom. The highest BCUT2D eigenvalue weighted by atomic mass is 79.9. The molecular formula is C17H13BrN4O3S. The summed E-state index contributed by atoms with van der Waals surface area (Å²) in [6.45, 7) is 0. The zero-order valence-electron chi connectivity index (χ0n) is 13.3. The fourth-order valence-corrected chi connectivity index (χ4v) is 2.76. The van der Waals surface area contributed by atoms with E-state index in [2.05, 4.69) is 37.0 Å². The summed E-state index contributed by atoms with van der Waals surface area (Å²) in [7, 11) is 0. The summed E-state index contributed by atoms with van der Waals surface area (Å²) in [6, 6.07) is 16.1. The van der Waals surface area contributed by atoms with Gasteiger partial charge in [-0.3, -0.25) is 20.4 Å². The Morgan fingerprint density at radius 2 is 1.73 bits per heavy atom. The van der Waals surface area contributed by atoms with Crippen molar-refractivity contribution < 1.29 is 14.0 Å². The van der Waals surface area contributed by atoms with Gasteiger partial charge in [-0.2, -0.15) is 0 Å². The van der Waals surface area contributed by atoms with Gasteiger partial charge in [0, 0.05) is 15.6 Å². The molecule has 0 unspecified atom stereocenters. The van der Waals surface area contributed by atoms with E-state index in [1.807, 2.05) is 30.3 Å². The molecule has 0 saturated heterocycles. The fraction of sp³-hybridized carbons (Fsp3) is 0.0588. The number of hydrazine groups is 1. The molecule has 0 spiro atoms. The number of amides is 2. The van der Waals surface area contributed by atoms with Crippen LogP contribution in [-0.2, 0) is 4.79 Å². The number of carbonyl (C=O) groups excluding carboxylic acids is 2. The molecule has 2 aromatic carbocycles. The molecule has 3 rings (SSSR count). The maximum Gasteiger partial charge on any atom is 0.277 e. The Kier molecular flexibility index (Phi) is 6.03. The molecule has 7 nitrogen and oxygen atoms in total. The van der Waals surface area contributed by atoms with Crippen LogP contribution in [0.2, 0.25) is 0 Å². The molecule has 0 aliphatic heterocycles. The topological polar surface area (TPSA) is 97.1 Å². The molecule has 0 fully saturated rings. The summed E-state index contributed by atoms with van der Waals surface area (Å²) in [5.74, 6) is -0.381. The van der Waals surface area contributed by atoms with Gasteiger partial charge in [0.25, 0.3) is 11.1 Å². The van der Waals surface area contributed by atoms with E-state index in [0.29, 0.717) is 11.5 Å². The van der Waals surface area contributed by atoms with Crippen molar-refractivity contribution in [3.8, 4) is 11.5 Å². The highest BCUT2D eigenvalue weighted by molar-refractivity contribution is 9.10. The molecule has 2 N–H and O–H groups in total. The van der Waals surface area contributed by atoms with Crippen LogP contribution in [0.3, 0.4) is 0 Å². The van der Waals surface area contributed by atoms with E-state index in [0.717, 1.165) is 21.8 Å². The average Bonchev–Trinajstić information content (AvgIpc) is 3.15. The summed E-state index contributed by atoms with van der Waals surface area (Å²) < 4.78 is 6.36. The summed E-state index contributed by atoms with van der Waals surface area (Å²) >= 11 is 4.38. The number of nitrogens with zero attached hydrogens (tertiary/aromatic N) is 2. The first-order valence-electron chi connectivity index (χ1n) is 7.48. The Balaban J connectivity index is 1.46. The normalized spacial score (nSPS) is 10.3. The highest BCUT2D eigenvalue weighted by Crippen LogP contribution is 2.22. The lowest BCUT2D eigenvalue weighted by atomic mass is 10.2. The SMILES string of the molecule is O=C(CSc1nnc(-c2ccccc2)o1)NNC(=O)c1ccc(Br)cc1. The Hall–Kier alpha value is -2.65. The standard InChI is InChI=1S/C17H13BrN4O3S/c18-13-8-6-11(7-9-13)15(24)20-19-14(23)10-26-17-22-21-16(25-17)12-4-2-1-3-5-12/h1-9H,10H2,(H,19,23)(H,20,24). The second-order valence-corrected chi connectivity index (χ2v) is 6.88. The summed E-state index contributed by atoms with van der Waals surface area (Å²) in [5, 5.41) is 8.11. The zero-order valence-corrected chi connectivity index (χ0v) is 15.7. The molecule has 0 radical (unpaired) electrons. The lowest BCUT2D eigenvalue weighted by molar-refractivity contribution is -0.119. The summed E-state index contributed by atoms with van der Waals surface area (Å²) in [5.41, 5.74) is 5.93. The molecule has 3 aromatic rings. The van der Waals surface area contributed by atoms with Crippen molar-refractivity contribution in [2.24, 2.45) is 0 Å². The number of hydrogen-bond acceptors (Lipinski definition) is 6. The second-order valence-electron chi connectivity index (χ2n) is 5.04. The number of aromatic nitrogens is 2. The van der Waals surface area contributed by atoms with Crippen molar-refractivity contribution in [3.05, 3.63) is 64.6 Å². The van der Waals surface area contributed by atoms with Gasteiger partial charge >= 0.3 is 0 Å². The molecule has 1 heterocycles. The van der Waals surface area contributed by atoms with E-state index in [4.69, 9.17) is 4.42 Å². The van der Waals surface area contributed by atoms with Crippen molar-refractivity contribution in [2.75, 3.05) is 5.75 Å². The van der Waals surface area contributed by atoms with Crippen LogP contribution < -0.4 is 10.9 Å². The number of hydrogen-bond donors (Lipinski definition) is 2. The highest BCUT2D eigenvalue weighted by Gasteiger charge is 2.12. The number of benzene rings is 2. The summed E-state index contributed by atoms with van der Waals surface area (Å²) in [4.78, 5) is 23.7. The minimum Gasteiger partial charge on any atom is -0.411 e. The Labute approximate surface area is 161 Å². The van der Waals surface area contributed by atoms with Crippen LogP contribution in [0.4, 0.5) is 0 Å². The van der Waals surface area contributed by atoms with Crippen molar-refractivity contribution in [3.63, 3.8) is 0 Å². The first-order chi connectivity index (χ1) is 12.6. The van der Waals surface area contributed by atoms with Crippen molar-refractivity contribution in [1.82, 2.24) is 21.0 Å². The van der Waals surface area contributed by atoms with E-state index in [1.165, 1.54) is 0 Å².